The molecule has 0 aliphatic heterocycles. The van der Waals surface area contributed by atoms with E-state index < -0.39 is 0 Å². The van der Waals surface area contributed by atoms with Crippen molar-refractivity contribution in [3.05, 3.63) is 65.9 Å². The van der Waals surface area contributed by atoms with E-state index in [1.165, 1.54) is 0 Å². The minimum absolute atomic E-state index is 0.531. The van der Waals surface area contributed by atoms with Gasteiger partial charge in [0.25, 0.3) is 0 Å². The van der Waals surface area contributed by atoms with E-state index in [1.54, 1.807) is 20.5 Å². The molecule has 0 atom stereocenters. The van der Waals surface area contributed by atoms with Crippen molar-refractivity contribution in [2.75, 3.05) is 20.8 Å². The van der Waals surface area contributed by atoms with Crippen molar-refractivity contribution < 1.29 is 18.9 Å². The number of ether oxygens (including phenoxy) is 4. The third-order valence-corrected chi connectivity index (χ3v) is 3.19. The van der Waals surface area contributed by atoms with Crippen molar-refractivity contribution in [3.63, 3.8) is 0 Å². The Hall–Kier alpha value is -2.46. The van der Waals surface area contributed by atoms with Crippen molar-refractivity contribution in [2.24, 2.45) is 0 Å². The zero-order chi connectivity index (χ0) is 16.5. The maximum atomic E-state index is 5.78. The smallest absolute Gasteiger partial charge is 0.168 e. The van der Waals surface area contributed by atoms with E-state index in [9.17, 15) is 0 Å². The molecule has 0 saturated carbocycles. The lowest BCUT2D eigenvalue weighted by molar-refractivity contribution is 0.184. The van der Waals surface area contributed by atoms with Gasteiger partial charge < -0.3 is 18.9 Å². The monoisotopic (exact) mass is 314 g/mol. The molecule has 2 rings (SSSR count). The average Bonchev–Trinajstić information content (AvgIpc) is 2.58. The lowest BCUT2D eigenvalue weighted by atomic mass is 10.2. The van der Waals surface area contributed by atoms with E-state index in [0.717, 1.165) is 11.1 Å². The third-order valence-electron chi connectivity index (χ3n) is 3.19. The quantitative estimate of drug-likeness (QED) is 0.682. The van der Waals surface area contributed by atoms with Crippen LogP contribution in [0.25, 0.3) is 5.76 Å². The van der Waals surface area contributed by atoms with E-state index in [0.29, 0.717) is 30.5 Å². The van der Waals surface area contributed by atoms with Crippen molar-refractivity contribution in [3.8, 4) is 11.5 Å². The molecule has 0 heterocycles. The van der Waals surface area contributed by atoms with E-state index >= 15 is 0 Å². The molecule has 0 saturated heterocycles. The Morgan fingerprint density at radius 1 is 1.00 bits per heavy atom. The van der Waals surface area contributed by atoms with Crippen molar-refractivity contribution in [1.82, 2.24) is 0 Å². The molecule has 2 aromatic carbocycles. The van der Waals surface area contributed by atoms with Gasteiger partial charge in [0, 0.05) is 12.7 Å². The first-order valence-electron chi connectivity index (χ1n) is 7.49. The van der Waals surface area contributed by atoms with E-state index in [2.05, 4.69) is 0 Å². The molecule has 4 heteroatoms. The van der Waals surface area contributed by atoms with Gasteiger partial charge in [0.05, 0.1) is 20.3 Å². The van der Waals surface area contributed by atoms with Crippen molar-refractivity contribution >= 4 is 5.76 Å². The minimum Gasteiger partial charge on any atom is -0.493 e. The maximum Gasteiger partial charge on any atom is 0.168 e. The van der Waals surface area contributed by atoms with E-state index in [4.69, 9.17) is 18.9 Å². The van der Waals surface area contributed by atoms with Crippen LogP contribution in [-0.4, -0.2) is 20.8 Å². The van der Waals surface area contributed by atoms with Crippen LogP contribution >= 0.6 is 0 Å². The third kappa shape index (κ3) is 4.76. The number of methoxy groups -OCH3 is 2. The molecule has 0 bridgehead atoms. The fourth-order valence-corrected chi connectivity index (χ4v) is 2.13. The summed E-state index contributed by atoms with van der Waals surface area (Å²) >= 11 is 0. The van der Waals surface area contributed by atoms with Crippen LogP contribution in [0.2, 0.25) is 0 Å². The Balaban J connectivity index is 2.22. The molecular weight excluding hydrogens is 292 g/mol. The van der Waals surface area contributed by atoms with Crippen LogP contribution in [0.15, 0.2) is 54.8 Å². The summed E-state index contributed by atoms with van der Waals surface area (Å²) < 4.78 is 22.0. The summed E-state index contributed by atoms with van der Waals surface area (Å²) in [5, 5.41) is 0. The number of hydrogen-bond donors (Lipinski definition) is 0. The van der Waals surface area contributed by atoms with Gasteiger partial charge in [-0.3, -0.25) is 0 Å². The second kappa shape index (κ2) is 8.86. The zero-order valence-electron chi connectivity index (χ0n) is 13.7. The molecule has 0 fully saturated rings. The standard InChI is InChI=1S/C19H22O4/c1-4-22-18-12-15(13-20-2)10-11-17(18)23-14-19(21-3)16-8-6-5-7-9-16/h5-12,14H,4,13H2,1-3H3/b19-14+. The highest BCUT2D eigenvalue weighted by atomic mass is 16.5. The van der Waals surface area contributed by atoms with Gasteiger partial charge in [0.1, 0.15) is 6.26 Å². The second-order valence-electron chi connectivity index (χ2n) is 4.82. The maximum absolute atomic E-state index is 5.78. The molecule has 2 aromatic rings. The normalized spacial score (nSPS) is 11.2. The number of rotatable bonds is 8. The lowest BCUT2D eigenvalue weighted by Crippen LogP contribution is -1.98. The van der Waals surface area contributed by atoms with Gasteiger partial charge in [0.2, 0.25) is 0 Å². The van der Waals surface area contributed by atoms with Crippen LogP contribution < -0.4 is 9.47 Å². The average molecular weight is 314 g/mol. The Kier molecular flexibility index (Phi) is 6.51. The first-order chi connectivity index (χ1) is 11.3. The van der Waals surface area contributed by atoms with Crippen LogP contribution in [0.4, 0.5) is 0 Å². The molecule has 0 unspecified atom stereocenters. The van der Waals surface area contributed by atoms with Gasteiger partial charge in [0.15, 0.2) is 17.3 Å². The van der Waals surface area contributed by atoms with Crippen LogP contribution in [0.5, 0.6) is 11.5 Å². The summed E-state index contributed by atoms with van der Waals surface area (Å²) in [5.41, 5.74) is 1.98. The molecule has 0 amide bonds. The van der Waals surface area contributed by atoms with Gasteiger partial charge >= 0.3 is 0 Å². The predicted molar refractivity (Wildman–Crippen MR) is 90.4 cm³/mol. The predicted octanol–water partition coefficient (Wildman–Crippen LogP) is 4.26. The molecule has 0 spiro atoms. The fourth-order valence-electron chi connectivity index (χ4n) is 2.13. The highest BCUT2D eigenvalue weighted by molar-refractivity contribution is 5.59. The second-order valence-corrected chi connectivity index (χ2v) is 4.82. The summed E-state index contributed by atoms with van der Waals surface area (Å²) in [4.78, 5) is 0. The Morgan fingerprint density at radius 3 is 2.43 bits per heavy atom. The first-order valence-corrected chi connectivity index (χ1v) is 7.49. The van der Waals surface area contributed by atoms with Gasteiger partial charge in [-0.05, 0) is 24.6 Å². The number of benzene rings is 2. The van der Waals surface area contributed by atoms with Gasteiger partial charge in [-0.25, -0.2) is 0 Å². The Labute approximate surface area is 137 Å². The molecule has 122 valence electrons. The van der Waals surface area contributed by atoms with Crippen LogP contribution in [0.1, 0.15) is 18.1 Å². The molecule has 23 heavy (non-hydrogen) atoms. The van der Waals surface area contributed by atoms with Crippen molar-refractivity contribution in [2.45, 2.75) is 13.5 Å². The molecular formula is C19H22O4. The molecule has 4 nitrogen and oxygen atoms in total. The van der Waals surface area contributed by atoms with Gasteiger partial charge in [-0.15, -0.1) is 0 Å². The highest BCUT2D eigenvalue weighted by Crippen LogP contribution is 2.30. The molecule has 0 radical (unpaired) electrons. The van der Waals surface area contributed by atoms with E-state index in [-0.39, 0.29) is 0 Å². The summed E-state index contributed by atoms with van der Waals surface area (Å²) in [6.07, 6.45) is 1.59. The summed E-state index contributed by atoms with van der Waals surface area (Å²) in [5.74, 6) is 1.97. The number of hydrogen-bond acceptors (Lipinski definition) is 4. The first kappa shape index (κ1) is 16.9. The van der Waals surface area contributed by atoms with Gasteiger partial charge in [-0.2, -0.15) is 0 Å². The van der Waals surface area contributed by atoms with Crippen LogP contribution in [0.3, 0.4) is 0 Å². The molecule has 0 N–H and O–H groups in total. The van der Waals surface area contributed by atoms with Gasteiger partial charge in [-0.1, -0.05) is 36.4 Å². The van der Waals surface area contributed by atoms with Crippen molar-refractivity contribution in [1.29, 1.82) is 0 Å². The SMILES string of the molecule is CCOc1cc(COC)ccc1O/C=C(/OC)c1ccccc1. The van der Waals surface area contributed by atoms with Crippen LogP contribution in [0, 0.1) is 0 Å². The Bertz CT molecular complexity index is 635. The minimum atomic E-state index is 0.531. The molecule has 0 aromatic heterocycles. The molecule has 0 aliphatic carbocycles. The lowest BCUT2D eigenvalue weighted by Gasteiger charge is -2.12. The summed E-state index contributed by atoms with van der Waals surface area (Å²) in [7, 11) is 3.28. The summed E-state index contributed by atoms with van der Waals surface area (Å²) in [6.45, 7) is 3.03. The molecule has 0 aliphatic rings. The summed E-state index contributed by atoms with van der Waals surface area (Å²) in [6, 6.07) is 15.5. The largest absolute Gasteiger partial charge is 0.493 e. The topological polar surface area (TPSA) is 36.9 Å². The van der Waals surface area contributed by atoms with E-state index in [1.807, 2.05) is 55.5 Å². The highest BCUT2D eigenvalue weighted by Gasteiger charge is 2.08. The zero-order valence-corrected chi connectivity index (χ0v) is 13.7. The Morgan fingerprint density at radius 2 is 1.78 bits per heavy atom. The fraction of sp³-hybridized carbons (Fsp3) is 0.263. The van der Waals surface area contributed by atoms with Crippen LogP contribution in [-0.2, 0) is 16.1 Å².